The van der Waals surface area contributed by atoms with Crippen LogP contribution in [0.2, 0.25) is 10.0 Å². The highest BCUT2D eigenvalue weighted by Crippen LogP contribution is 2.37. The highest BCUT2D eigenvalue weighted by Gasteiger charge is 2.30. The fraction of sp³-hybridized carbons (Fsp3) is 0.400. The Hall–Kier alpha value is -2.93. The minimum Gasteiger partial charge on any atom is -0.493 e. The van der Waals surface area contributed by atoms with Crippen LogP contribution in [0.5, 0.6) is 11.5 Å². The fourth-order valence-electron chi connectivity index (χ4n) is 4.13. The van der Waals surface area contributed by atoms with Crippen molar-refractivity contribution in [3.63, 3.8) is 0 Å². The number of halogens is 3. The van der Waals surface area contributed by atoms with Crippen molar-refractivity contribution in [2.75, 3.05) is 31.3 Å². The highest BCUT2D eigenvalue weighted by molar-refractivity contribution is 7.86. The molecule has 0 spiro atoms. The van der Waals surface area contributed by atoms with Gasteiger partial charge in [-0.3, -0.25) is 8.98 Å². The van der Waals surface area contributed by atoms with Gasteiger partial charge in [-0.05, 0) is 32.0 Å². The quantitative estimate of drug-likeness (QED) is 0.268. The van der Waals surface area contributed by atoms with Crippen molar-refractivity contribution in [3.05, 3.63) is 46.5 Å². The Bertz CT molecular complexity index is 1490. The maximum atomic E-state index is 14.7. The van der Waals surface area contributed by atoms with Crippen molar-refractivity contribution >= 4 is 61.6 Å². The molecule has 1 aliphatic heterocycles. The lowest BCUT2D eigenvalue weighted by Gasteiger charge is -2.33. The van der Waals surface area contributed by atoms with Crippen LogP contribution in [0.3, 0.4) is 0 Å². The van der Waals surface area contributed by atoms with Gasteiger partial charge in [-0.1, -0.05) is 23.2 Å². The Morgan fingerprint density at radius 1 is 1.21 bits per heavy atom. The molecule has 4 rings (SSSR count). The number of ether oxygens (including phenoxy) is 2. The summed E-state index contributed by atoms with van der Waals surface area (Å²) in [6.45, 7) is 3.61. The molecular weight excluding hydrogens is 574 g/mol. The summed E-state index contributed by atoms with van der Waals surface area (Å²) < 4.78 is 54.8. The van der Waals surface area contributed by atoms with E-state index < -0.39 is 27.9 Å². The van der Waals surface area contributed by atoms with Crippen molar-refractivity contribution < 1.29 is 31.3 Å². The monoisotopic (exact) mass is 600 g/mol. The van der Waals surface area contributed by atoms with Gasteiger partial charge in [0.1, 0.15) is 18.2 Å². The molecule has 14 heteroatoms. The number of nitrogens with zero attached hydrogens (tertiary/aromatic N) is 3. The molecule has 210 valence electrons. The molecule has 0 saturated carbocycles. The van der Waals surface area contributed by atoms with E-state index in [0.29, 0.717) is 54.2 Å². The molecule has 3 aromatic rings. The molecule has 0 aliphatic carbocycles. The lowest BCUT2D eigenvalue weighted by molar-refractivity contribution is -0.139. The van der Waals surface area contributed by atoms with Crippen LogP contribution in [0, 0.1) is 5.82 Å². The van der Waals surface area contributed by atoms with E-state index >= 15 is 0 Å². The first-order valence-corrected chi connectivity index (χ1v) is 14.5. The van der Waals surface area contributed by atoms with Gasteiger partial charge in [0, 0.05) is 37.4 Å². The van der Waals surface area contributed by atoms with Crippen LogP contribution in [0.15, 0.2) is 30.6 Å². The third kappa shape index (κ3) is 6.63. The number of benzene rings is 2. The SMILES string of the molecule is CCS(=O)(=O)O[C@H](C)C(=O)N1CCC(Oc2cc3c(Nc4ccc(Cl)c(Cl)c4F)ncnc3cc2OC)CC1. The second-order valence-electron chi connectivity index (χ2n) is 8.82. The molecule has 2 aromatic carbocycles. The van der Waals surface area contributed by atoms with E-state index in [2.05, 4.69) is 15.3 Å². The molecule has 1 saturated heterocycles. The number of hydrogen-bond acceptors (Lipinski definition) is 9. The first-order chi connectivity index (χ1) is 18.5. The summed E-state index contributed by atoms with van der Waals surface area (Å²) in [6.07, 6.45) is 1.00. The van der Waals surface area contributed by atoms with Gasteiger partial charge in [-0.25, -0.2) is 14.4 Å². The number of anilines is 2. The molecule has 0 radical (unpaired) electrons. The van der Waals surface area contributed by atoms with Crippen LogP contribution in [-0.4, -0.2) is 67.4 Å². The minimum absolute atomic E-state index is 0.0877. The third-order valence-electron chi connectivity index (χ3n) is 6.25. The lowest BCUT2D eigenvalue weighted by Crippen LogP contribution is -2.46. The predicted molar refractivity (Wildman–Crippen MR) is 146 cm³/mol. The van der Waals surface area contributed by atoms with Crippen molar-refractivity contribution in [2.45, 2.75) is 38.9 Å². The molecule has 10 nitrogen and oxygen atoms in total. The zero-order valence-electron chi connectivity index (χ0n) is 21.4. The third-order valence-corrected chi connectivity index (χ3v) is 8.32. The van der Waals surface area contributed by atoms with Crippen molar-refractivity contribution in [1.29, 1.82) is 0 Å². The van der Waals surface area contributed by atoms with Gasteiger partial charge in [0.05, 0.1) is 34.1 Å². The van der Waals surface area contributed by atoms with E-state index in [-0.39, 0.29) is 27.6 Å². The molecule has 39 heavy (non-hydrogen) atoms. The van der Waals surface area contributed by atoms with E-state index in [1.54, 1.807) is 17.0 Å². The summed E-state index contributed by atoms with van der Waals surface area (Å²) in [5, 5.41) is 3.37. The highest BCUT2D eigenvalue weighted by atomic mass is 35.5. The van der Waals surface area contributed by atoms with Crippen molar-refractivity contribution in [2.24, 2.45) is 0 Å². The minimum atomic E-state index is -3.74. The number of piperidine rings is 1. The van der Waals surface area contributed by atoms with Crippen LogP contribution in [-0.2, 0) is 19.1 Å². The van der Waals surface area contributed by atoms with Gasteiger partial charge in [-0.2, -0.15) is 8.42 Å². The van der Waals surface area contributed by atoms with Gasteiger partial charge < -0.3 is 19.7 Å². The standard InChI is InChI=1S/C25H27Cl2FN4O6S/c1-4-39(34,35)38-14(2)25(33)32-9-7-15(8-10-32)37-21-11-16-19(12-20(21)36-3)29-13-30-24(16)31-18-6-5-17(26)22(27)23(18)28/h5-6,11-15H,4,7-10H2,1-3H3,(H,29,30,31)/t14-/m1/s1. The largest absolute Gasteiger partial charge is 0.493 e. The predicted octanol–water partition coefficient (Wildman–Crippen LogP) is 4.95. The number of likely N-dealkylation sites (tertiary alicyclic amines) is 1. The average molecular weight is 601 g/mol. The normalized spacial score (nSPS) is 15.3. The van der Waals surface area contributed by atoms with Crippen molar-refractivity contribution in [3.8, 4) is 11.5 Å². The number of aromatic nitrogens is 2. The Labute approximate surface area is 235 Å². The second kappa shape index (κ2) is 12.1. The van der Waals surface area contributed by atoms with Crippen LogP contribution in [0.1, 0.15) is 26.7 Å². The summed E-state index contributed by atoms with van der Waals surface area (Å²) >= 11 is 11.8. The number of hydrogen-bond donors (Lipinski definition) is 1. The van der Waals surface area contributed by atoms with Gasteiger partial charge in [0.15, 0.2) is 23.4 Å². The van der Waals surface area contributed by atoms with Gasteiger partial charge >= 0.3 is 0 Å². The van der Waals surface area contributed by atoms with Crippen LogP contribution >= 0.6 is 23.2 Å². The summed E-state index contributed by atoms with van der Waals surface area (Å²) in [6, 6.07) is 6.32. The zero-order chi connectivity index (χ0) is 28.3. The Balaban J connectivity index is 1.50. The smallest absolute Gasteiger partial charge is 0.267 e. The molecule has 2 heterocycles. The number of nitrogens with one attached hydrogen (secondary N) is 1. The maximum Gasteiger partial charge on any atom is 0.267 e. The Morgan fingerprint density at radius 3 is 2.59 bits per heavy atom. The Morgan fingerprint density at radius 2 is 1.92 bits per heavy atom. The second-order valence-corrected chi connectivity index (χ2v) is 11.5. The molecule has 1 fully saturated rings. The molecule has 1 N–H and O–H groups in total. The fourth-order valence-corrected chi connectivity index (χ4v) is 5.09. The van der Waals surface area contributed by atoms with E-state index in [0.717, 1.165) is 0 Å². The number of fused-ring (bicyclic) bond motifs is 1. The number of methoxy groups -OCH3 is 1. The molecule has 1 aliphatic rings. The molecule has 1 atom stereocenters. The zero-order valence-corrected chi connectivity index (χ0v) is 23.7. The maximum absolute atomic E-state index is 14.7. The summed E-state index contributed by atoms with van der Waals surface area (Å²) in [5.41, 5.74) is 0.623. The number of amides is 1. The van der Waals surface area contributed by atoms with E-state index in [1.807, 2.05) is 0 Å². The van der Waals surface area contributed by atoms with Crippen LogP contribution in [0.25, 0.3) is 10.9 Å². The first-order valence-electron chi connectivity index (χ1n) is 12.1. The Kier molecular flexibility index (Phi) is 9.00. The first kappa shape index (κ1) is 29.1. The molecule has 0 bridgehead atoms. The van der Waals surface area contributed by atoms with Crippen LogP contribution < -0.4 is 14.8 Å². The summed E-state index contributed by atoms with van der Waals surface area (Å²) in [4.78, 5) is 22.8. The van der Waals surface area contributed by atoms with E-state index in [1.165, 1.54) is 39.4 Å². The van der Waals surface area contributed by atoms with Gasteiger partial charge in [0.25, 0.3) is 16.0 Å². The van der Waals surface area contributed by atoms with Gasteiger partial charge in [0.2, 0.25) is 0 Å². The van der Waals surface area contributed by atoms with E-state index in [9.17, 15) is 17.6 Å². The molecular formula is C25H27Cl2FN4O6S. The van der Waals surface area contributed by atoms with E-state index in [4.69, 9.17) is 36.9 Å². The number of carbonyl (C=O) groups excluding carboxylic acids is 1. The summed E-state index contributed by atoms with van der Waals surface area (Å²) in [5.74, 6) is -0.128. The summed E-state index contributed by atoms with van der Waals surface area (Å²) in [7, 11) is -2.24. The van der Waals surface area contributed by atoms with Crippen molar-refractivity contribution in [1.82, 2.24) is 14.9 Å². The number of carbonyl (C=O) groups is 1. The molecule has 1 amide bonds. The molecule has 1 aromatic heterocycles. The lowest BCUT2D eigenvalue weighted by atomic mass is 10.1. The topological polar surface area (TPSA) is 120 Å². The molecule has 0 unspecified atom stereocenters. The number of rotatable bonds is 9. The van der Waals surface area contributed by atoms with Crippen LogP contribution in [0.4, 0.5) is 15.9 Å². The average Bonchev–Trinajstić information content (AvgIpc) is 2.93. The van der Waals surface area contributed by atoms with Gasteiger partial charge in [-0.15, -0.1) is 0 Å².